The summed E-state index contributed by atoms with van der Waals surface area (Å²) in [6.45, 7) is 3.27. The number of rotatable bonds is 9. The molecule has 0 aliphatic rings. The highest BCUT2D eigenvalue weighted by Crippen LogP contribution is 2.29. The summed E-state index contributed by atoms with van der Waals surface area (Å²) in [6, 6.07) is 10.8. The van der Waals surface area contributed by atoms with Crippen LogP contribution in [0, 0.1) is 12.7 Å². The van der Waals surface area contributed by atoms with E-state index in [0.717, 1.165) is 5.56 Å². The Balaban J connectivity index is 1.77. The van der Waals surface area contributed by atoms with Gasteiger partial charge in [-0.1, -0.05) is 18.2 Å². The van der Waals surface area contributed by atoms with Crippen molar-refractivity contribution in [3.05, 3.63) is 72.1 Å². The van der Waals surface area contributed by atoms with Crippen LogP contribution in [0.25, 0.3) is 17.2 Å². The Kier molecular flexibility index (Phi) is 7.22. The van der Waals surface area contributed by atoms with Gasteiger partial charge in [-0.15, -0.1) is 10.2 Å². The fourth-order valence-electron chi connectivity index (χ4n) is 3.47. The van der Waals surface area contributed by atoms with Crippen LogP contribution in [0.15, 0.2) is 54.9 Å². The lowest BCUT2D eigenvalue weighted by Crippen LogP contribution is -2.33. The Morgan fingerprint density at radius 2 is 1.75 bits per heavy atom. The zero-order chi connectivity index (χ0) is 25.9. The van der Waals surface area contributed by atoms with Gasteiger partial charge in [-0.2, -0.15) is 0 Å². The average Bonchev–Trinajstić information content (AvgIpc) is 3.28. The maximum atomic E-state index is 14.9. The van der Waals surface area contributed by atoms with Crippen molar-refractivity contribution in [3.63, 3.8) is 0 Å². The number of anilines is 1. The molecule has 0 bridgehead atoms. The minimum Gasteiger partial charge on any atom is -0.481 e. The molecule has 13 heteroatoms. The quantitative estimate of drug-likeness (QED) is 0.358. The van der Waals surface area contributed by atoms with Gasteiger partial charge in [-0.3, -0.25) is 9.29 Å². The molecule has 0 aliphatic carbocycles. The second kappa shape index (κ2) is 10.3. The summed E-state index contributed by atoms with van der Waals surface area (Å²) in [5, 5.41) is 6.96. The molecule has 0 amide bonds. The first-order valence-corrected chi connectivity index (χ1v) is 12.3. The van der Waals surface area contributed by atoms with Gasteiger partial charge in [0.05, 0.1) is 12.8 Å². The number of methoxy groups -OCH3 is 2. The third kappa shape index (κ3) is 5.02. The minimum absolute atomic E-state index is 0.0256. The largest absolute Gasteiger partial charge is 0.481 e. The predicted molar refractivity (Wildman–Crippen MR) is 130 cm³/mol. The molecule has 0 spiro atoms. The van der Waals surface area contributed by atoms with Crippen LogP contribution in [0.5, 0.6) is 5.88 Å². The van der Waals surface area contributed by atoms with Crippen molar-refractivity contribution in [2.75, 3.05) is 18.9 Å². The van der Waals surface area contributed by atoms with Crippen molar-refractivity contribution in [2.24, 2.45) is 0 Å². The van der Waals surface area contributed by atoms with Crippen LogP contribution in [-0.2, 0) is 14.8 Å². The molecule has 0 unspecified atom stereocenters. The molecule has 0 saturated heterocycles. The second-order valence-corrected chi connectivity index (χ2v) is 9.86. The smallest absolute Gasteiger partial charge is 0.243 e. The molecule has 1 N–H and O–H groups in total. The van der Waals surface area contributed by atoms with E-state index in [-0.39, 0.29) is 23.3 Å². The lowest BCUT2D eigenvalue weighted by atomic mass is 10.2. The Bertz CT molecular complexity index is 1460. The van der Waals surface area contributed by atoms with E-state index < -0.39 is 27.2 Å². The van der Waals surface area contributed by atoms with E-state index in [1.54, 1.807) is 36.7 Å². The highest BCUT2D eigenvalue weighted by atomic mass is 32.2. The van der Waals surface area contributed by atoms with E-state index in [0.29, 0.717) is 11.6 Å². The lowest BCUT2D eigenvalue weighted by molar-refractivity contribution is 0.0949. The molecule has 4 rings (SSSR count). The lowest BCUT2D eigenvalue weighted by Gasteiger charge is -2.22. The number of nitrogens with one attached hydrogen (secondary N) is 1. The molecular weight excluding hydrogens is 489 g/mol. The van der Waals surface area contributed by atoms with E-state index >= 15 is 0 Å². The zero-order valence-corrected chi connectivity index (χ0v) is 20.8. The average molecular weight is 514 g/mol. The van der Waals surface area contributed by atoms with Crippen molar-refractivity contribution in [1.29, 1.82) is 0 Å². The maximum absolute atomic E-state index is 14.9. The number of halogens is 1. The van der Waals surface area contributed by atoms with Gasteiger partial charge < -0.3 is 9.47 Å². The van der Waals surface area contributed by atoms with Gasteiger partial charge in [0.25, 0.3) is 0 Å². The van der Waals surface area contributed by atoms with Gasteiger partial charge in [-0.05, 0) is 37.6 Å². The molecule has 1 aromatic carbocycles. The number of ether oxygens (including phenoxy) is 2. The van der Waals surface area contributed by atoms with Gasteiger partial charge in [-0.25, -0.2) is 27.8 Å². The second-order valence-electron chi connectivity index (χ2n) is 7.83. The standard InChI is InChI=1S/C23H24FN7O4S/c1-14-12-25-21(26-13-14)20(35-4)15(2)36(32,33)30-23-29-28-22(17-9-7-11-19(27-17)34-3)31(23)18-10-6-5-8-16(18)24/h5-13,15,20H,1-4H3,(H,29,30)/t15-,20-/m0/s1. The highest BCUT2D eigenvalue weighted by Gasteiger charge is 2.34. The van der Waals surface area contributed by atoms with Gasteiger partial charge in [0.15, 0.2) is 11.6 Å². The Hall–Kier alpha value is -3.97. The molecule has 0 saturated carbocycles. The summed E-state index contributed by atoms with van der Waals surface area (Å²) in [5.41, 5.74) is 1.14. The number of benzene rings is 1. The molecule has 2 atom stereocenters. The van der Waals surface area contributed by atoms with Crippen molar-refractivity contribution >= 4 is 16.0 Å². The Morgan fingerprint density at radius 3 is 2.42 bits per heavy atom. The van der Waals surface area contributed by atoms with Crippen molar-refractivity contribution < 1.29 is 22.3 Å². The Morgan fingerprint density at radius 1 is 1.03 bits per heavy atom. The number of hydrogen-bond acceptors (Lipinski definition) is 9. The number of aryl methyl sites for hydroxylation is 1. The monoisotopic (exact) mass is 513 g/mol. The highest BCUT2D eigenvalue weighted by molar-refractivity contribution is 7.93. The molecular formula is C23H24FN7O4S. The van der Waals surface area contributed by atoms with Crippen molar-refractivity contribution in [1.82, 2.24) is 29.7 Å². The molecule has 36 heavy (non-hydrogen) atoms. The Labute approximate surface area is 207 Å². The number of nitrogens with zero attached hydrogens (tertiary/aromatic N) is 6. The van der Waals surface area contributed by atoms with Gasteiger partial charge in [0.1, 0.15) is 22.9 Å². The first-order valence-electron chi connectivity index (χ1n) is 10.8. The molecule has 3 heterocycles. The van der Waals surface area contributed by atoms with E-state index in [2.05, 4.69) is 29.9 Å². The summed E-state index contributed by atoms with van der Waals surface area (Å²) >= 11 is 0. The SMILES string of the molecule is COc1cccc(-c2nnc(NS(=O)(=O)[C@@H](C)[C@H](OC)c3ncc(C)cn3)n2-c2ccccc2F)n1. The third-order valence-corrected chi connectivity index (χ3v) is 7.07. The summed E-state index contributed by atoms with van der Waals surface area (Å²) in [7, 11) is -1.33. The van der Waals surface area contributed by atoms with Crippen LogP contribution >= 0.6 is 0 Å². The van der Waals surface area contributed by atoms with Gasteiger partial charge in [0.2, 0.25) is 21.9 Å². The molecule has 0 radical (unpaired) electrons. The number of pyridine rings is 1. The van der Waals surface area contributed by atoms with Crippen LogP contribution in [0.3, 0.4) is 0 Å². The van der Waals surface area contributed by atoms with E-state index in [1.165, 1.54) is 43.9 Å². The fraction of sp³-hybridized carbons (Fsp3) is 0.261. The zero-order valence-electron chi connectivity index (χ0n) is 20.0. The number of hydrogen-bond donors (Lipinski definition) is 1. The van der Waals surface area contributed by atoms with E-state index in [9.17, 15) is 12.8 Å². The van der Waals surface area contributed by atoms with Crippen LogP contribution in [-0.4, -0.2) is 57.6 Å². The summed E-state index contributed by atoms with van der Waals surface area (Å²) in [5.74, 6) is -0.233. The number of para-hydroxylation sites is 1. The van der Waals surface area contributed by atoms with Crippen LogP contribution in [0.1, 0.15) is 24.4 Å². The number of sulfonamides is 1. The third-order valence-electron chi connectivity index (χ3n) is 5.38. The molecule has 188 valence electrons. The normalized spacial score (nSPS) is 13.2. The molecule has 11 nitrogen and oxygen atoms in total. The van der Waals surface area contributed by atoms with Crippen LogP contribution in [0.4, 0.5) is 10.3 Å². The summed E-state index contributed by atoms with van der Waals surface area (Å²) < 4.78 is 55.9. The first kappa shape index (κ1) is 25.1. The van der Waals surface area contributed by atoms with Crippen LogP contribution < -0.4 is 9.46 Å². The first-order chi connectivity index (χ1) is 17.2. The predicted octanol–water partition coefficient (Wildman–Crippen LogP) is 3.09. The van der Waals surface area contributed by atoms with Crippen molar-refractivity contribution in [2.45, 2.75) is 25.2 Å². The molecule has 0 fully saturated rings. The van der Waals surface area contributed by atoms with Gasteiger partial charge in [0, 0.05) is 25.6 Å². The van der Waals surface area contributed by atoms with Crippen molar-refractivity contribution in [3.8, 4) is 23.1 Å². The van der Waals surface area contributed by atoms with Crippen LogP contribution in [0.2, 0.25) is 0 Å². The molecule has 3 aromatic heterocycles. The van der Waals surface area contributed by atoms with E-state index in [4.69, 9.17) is 9.47 Å². The van der Waals surface area contributed by atoms with E-state index in [1.807, 2.05) is 6.92 Å². The summed E-state index contributed by atoms with van der Waals surface area (Å²) in [6.07, 6.45) is 2.17. The fourth-order valence-corrected chi connectivity index (χ4v) is 4.60. The topological polar surface area (TPSA) is 134 Å². The molecule has 0 aliphatic heterocycles. The minimum atomic E-state index is -4.15. The van der Waals surface area contributed by atoms with Gasteiger partial charge >= 0.3 is 0 Å². The number of aromatic nitrogens is 6. The summed E-state index contributed by atoms with van der Waals surface area (Å²) in [4.78, 5) is 12.7. The maximum Gasteiger partial charge on any atom is 0.243 e. The molecule has 4 aromatic rings.